The summed E-state index contributed by atoms with van der Waals surface area (Å²) < 4.78 is 53.3. The molecule has 0 aromatic heterocycles. The van der Waals surface area contributed by atoms with Crippen LogP contribution in [-0.4, -0.2) is 68.9 Å². The van der Waals surface area contributed by atoms with Crippen molar-refractivity contribution in [2.75, 3.05) is 33.0 Å². The highest BCUT2D eigenvalue weighted by Crippen LogP contribution is 2.43. The Kier molecular flexibility index (Phi) is 19.4. The monoisotopic (exact) mass is 846 g/mol. The molecule has 0 amide bonds. The molecule has 61 heavy (non-hydrogen) atoms. The van der Waals surface area contributed by atoms with Gasteiger partial charge in [0.25, 0.3) is 0 Å². The van der Waals surface area contributed by atoms with E-state index in [9.17, 15) is 28.8 Å². The van der Waals surface area contributed by atoms with Gasteiger partial charge in [0.15, 0.2) is 0 Å². The Morgan fingerprint density at radius 3 is 1.57 bits per heavy atom. The number of carbonyl (C=O) groups excluding carboxylic acids is 6. The van der Waals surface area contributed by atoms with Crippen molar-refractivity contribution in [1.82, 2.24) is 0 Å². The molecule has 0 unspecified atom stereocenters. The summed E-state index contributed by atoms with van der Waals surface area (Å²) in [7, 11) is 0. The maximum Gasteiger partial charge on any atom is 0.417 e. The fraction of sp³-hybridized carbons (Fsp3) is 0.404. The third kappa shape index (κ3) is 14.7. The zero-order valence-electron chi connectivity index (χ0n) is 35.8. The second-order valence-electron chi connectivity index (χ2n) is 14.4. The molecule has 0 saturated carbocycles. The van der Waals surface area contributed by atoms with Crippen molar-refractivity contribution in [1.29, 1.82) is 0 Å². The van der Waals surface area contributed by atoms with Gasteiger partial charge in [-0.15, -0.1) is 0 Å². The van der Waals surface area contributed by atoms with Crippen LogP contribution in [-0.2, 0) is 54.1 Å². The highest BCUT2D eigenvalue weighted by molar-refractivity contribution is 6.30. The number of ether oxygens (including phenoxy) is 7. The van der Waals surface area contributed by atoms with Crippen LogP contribution in [0.4, 0.5) is 4.39 Å². The Bertz CT molecular complexity index is 2030. The van der Waals surface area contributed by atoms with Crippen LogP contribution >= 0.6 is 0 Å². The molecule has 0 N–H and O–H groups in total. The van der Waals surface area contributed by atoms with Crippen molar-refractivity contribution in [3.63, 3.8) is 0 Å². The lowest BCUT2D eigenvalue weighted by Crippen LogP contribution is -2.41. The number of carbonyl (C=O) groups is 6. The van der Waals surface area contributed by atoms with Crippen LogP contribution in [0.15, 0.2) is 78.9 Å². The zero-order chi connectivity index (χ0) is 45.1. The van der Waals surface area contributed by atoms with Crippen LogP contribution in [0.25, 0.3) is 22.3 Å². The molecule has 0 radical (unpaired) electrons. The van der Waals surface area contributed by atoms with E-state index in [1.165, 1.54) is 45.9 Å². The molecule has 0 heterocycles. The summed E-state index contributed by atoms with van der Waals surface area (Å²) in [5.74, 6) is -6.74. The topological polar surface area (TPSA) is 167 Å². The van der Waals surface area contributed by atoms with Gasteiger partial charge in [0.1, 0.15) is 42.9 Å². The van der Waals surface area contributed by atoms with Gasteiger partial charge in [-0.25, -0.2) is 33.2 Å². The number of hydrogen-bond acceptors (Lipinski definition) is 13. The lowest BCUT2D eigenvalue weighted by Gasteiger charge is -2.31. The summed E-state index contributed by atoms with van der Waals surface area (Å²) in [4.78, 5) is 74.4. The summed E-state index contributed by atoms with van der Waals surface area (Å²) in [6, 6.07) is 14.2. The van der Waals surface area contributed by atoms with E-state index in [0.717, 1.165) is 37.7 Å². The average Bonchev–Trinajstić information content (AvgIpc) is 3.24. The van der Waals surface area contributed by atoms with Gasteiger partial charge in [-0.05, 0) is 88.4 Å². The number of unbranched alkanes of at least 4 members (excludes halogenated alkanes) is 4. The lowest BCUT2D eigenvalue weighted by molar-refractivity contribution is -0.175. The minimum Gasteiger partial charge on any atom is -0.493 e. The van der Waals surface area contributed by atoms with E-state index < -0.39 is 60.3 Å². The Labute approximate surface area is 356 Å². The van der Waals surface area contributed by atoms with Gasteiger partial charge in [0.2, 0.25) is 0 Å². The summed E-state index contributed by atoms with van der Waals surface area (Å²) in [5.41, 5.74) is 0.788. The first-order chi connectivity index (χ1) is 29.1. The maximum atomic E-state index is 15.9. The van der Waals surface area contributed by atoms with E-state index in [4.69, 9.17) is 33.2 Å². The Morgan fingerprint density at radius 2 is 1.08 bits per heavy atom. The van der Waals surface area contributed by atoms with Crippen molar-refractivity contribution in [2.24, 2.45) is 5.41 Å². The summed E-state index contributed by atoms with van der Waals surface area (Å²) in [6.07, 6.45) is 6.22. The van der Waals surface area contributed by atoms with Crippen molar-refractivity contribution in [2.45, 2.75) is 86.5 Å². The third-order valence-electron chi connectivity index (χ3n) is 9.44. The number of esters is 6. The van der Waals surface area contributed by atoms with Crippen LogP contribution in [0.2, 0.25) is 0 Å². The average molecular weight is 847 g/mol. The Morgan fingerprint density at radius 1 is 0.574 bits per heavy atom. The standard InChI is InChI=1S/C47H55FO13/c1-9-13-14-15-16-17-32-18-23-35(38(48)24-32)37-26-39(60-41(49)30(5)6)36(25-40(37)61-42(50)31(7)8)33-19-21-34(22-20-33)57-27-47(10-2,28-58-45(53)43(51)55-11-3)29-59-46(54)44(52)56-12-4/h18-26H,5,7,9-17,27-29H2,1-4,6,8H3. The predicted molar refractivity (Wildman–Crippen MR) is 224 cm³/mol. The molecule has 0 aliphatic rings. The van der Waals surface area contributed by atoms with E-state index in [2.05, 4.69) is 20.1 Å². The van der Waals surface area contributed by atoms with Gasteiger partial charge < -0.3 is 33.2 Å². The first-order valence-electron chi connectivity index (χ1n) is 20.2. The van der Waals surface area contributed by atoms with E-state index in [1.807, 2.05) is 6.07 Å². The van der Waals surface area contributed by atoms with Crippen molar-refractivity contribution in [3.05, 3.63) is 90.3 Å². The number of rotatable bonds is 22. The molecule has 14 heteroatoms. The Balaban J connectivity index is 2.03. The zero-order valence-corrected chi connectivity index (χ0v) is 35.8. The lowest BCUT2D eigenvalue weighted by atomic mass is 9.88. The first-order valence-corrected chi connectivity index (χ1v) is 20.2. The highest BCUT2D eigenvalue weighted by Gasteiger charge is 2.36. The van der Waals surface area contributed by atoms with Crippen LogP contribution in [0, 0.1) is 11.2 Å². The second kappa shape index (κ2) is 24.1. The SMILES string of the molecule is C=C(C)C(=O)Oc1cc(-c2ccc(CCCCCCC)cc2F)c(OC(=O)C(=C)C)cc1-c1ccc(OCC(CC)(COC(=O)C(=O)OCC)COC(=O)C(=O)OCC)cc1. The fourth-order valence-corrected chi connectivity index (χ4v) is 5.74. The predicted octanol–water partition coefficient (Wildman–Crippen LogP) is 8.62. The van der Waals surface area contributed by atoms with Gasteiger partial charge in [-0.1, -0.05) is 77.0 Å². The van der Waals surface area contributed by atoms with Crippen molar-refractivity contribution >= 4 is 35.8 Å². The van der Waals surface area contributed by atoms with Crippen LogP contribution < -0.4 is 14.2 Å². The van der Waals surface area contributed by atoms with E-state index >= 15 is 4.39 Å². The molecule has 328 valence electrons. The van der Waals surface area contributed by atoms with Gasteiger partial charge in [0.05, 0.1) is 18.6 Å². The molecule has 0 fully saturated rings. The van der Waals surface area contributed by atoms with Gasteiger partial charge in [-0.3, -0.25) is 0 Å². The van der Waals surface area contributed by atoms with Gasteiger partial charge in [-0.2, -0.15) is 0 Å². The minimum absolute atomic E-state index is 0.0167. The van der Waals surface area contributed by atoms with Gasteiger partial charge in [0, 0.05) is 27.8 Å². The van der Waals surface area contributed by atoms with Crippen LogP contribution in [0.3, 0.4) is 0 Å². The quantitative estimate of drug-likeness (QED) is 0.0236. The number of aryl methyl sites for hydroxylation is 1. The molecule has 0 bridgehead atoms. The summed E-state index contributed by atoms with van der Waals surface area (Å²) in [5, 5.41) is 0. The molecule has 13 nitrogen and oxygen atoms in total. The maximum absolute atomic E-state index is 15.9. The fourth-order valence-electron chi connectivity index (χ4n) is 5.74. The molecular formula is C47H55FO13. The van der Waals surface area contributed by atoms with E-state index in [1.54, 1.807) is 37.3 Å². The summed E-state index contributed by atoms with van der Waals surface area (Å²) in [6.45, 7) is 16.0. The molecule has 3 rings (SSSR count). The number of benzene rings is 3. The van der Waals surface area contributed by atoms with Crippen LogP contribution in [0.5, 0.6) is 17.2 Å². The first kappa shape index (κ1) is 49.1. The molecule has 0 atom stereocenters. The van der Waals surface area contributed by atoms with E-state index in [-0.39, 0.29) is 71.3 Å². The van der Waals surface area contributed by atoms with Crippen LogP contribution in [0.1, 0.15) is 85.6 Å². The second-order valence-corrected chi connectivity index (χ2v) is 14.4. The smallest absolute Gasteiger partial charge is 0.417 e. The molecule has 0 saturated heterocycles. The molecule has 3 aromatic rings. The normalized spacial score (nSPS) is 10.9. The minimum atomic E-state index is -1.27. The van der Waals surface area contributed by atoms with Crippen molar-refractivity contribution in [3.8, 4) is 39.5 Å². The summed E-state index contributed by atoms with van der Waals surface area (Å²) >= 11 is 0. The van der Waals surface area contributed by atoms with E-state index in [0.29, 0.717) is 12.0 Å². The highest BCUT2D eigenvalue weighted by atomic mass is 19.1. The Hall–Kier alpha value is -6.31. The van der Waals surface area contributed by atoms with Crippen molar-refractivity contribution < 1.29 is 66.3 Å². The molecular weight excluding hydrogens is 792 g/mol. The van der Waals surface area contributed by atoms with Gasteiger partial charge >= 0.3 is 35.8 Å². The molecule has 0 spiro atoms. The number of hydrogen-bond donors (Lipinski definition) is 0. The number of halogens is 1. The molecule has 0 aliphatic heterocycles. The third-order valence-corrected chi connectivity index (χ3v) is 9.44. The largest absolute Gasteiger partial charge is 0.493 e. The molecule has 3 aromatic carbocycles. The molecule has 0 aliphatic carbocycles.